The Labute approximate surface area is 122 Å². The van der Waals surface area contributed by atoms with Gasteiger partial charge >= 0.3 is 6.18 Å². The van der Waals surface area contributed by atoms with Crippen LogP contribution < -0.4 is 0 Å². The van der Waals surface area contributed by atoms with E-state index >= 15 is 0 Å². The fourth-order valence-electron chi connectivity index (χ4n) is 3.66. The second kappa shape index (κ2) is 4.99. The van der Waals surface area contributed by atoms with Crippen molar-refractivity contribution in [2.75, 3.05) is 19.7 Å². The number of fused-ring (bicyclic) bond motifs is 1. The topological polar surface area (TPSA) is 23.5 Å². The van der Waals surface area contributed by atoms with Crippen LogP contribution in [0.15, 0.2) is 24.3 Å². The maximum atomic E-state index is 12.6. The largest absolute Gasteiger partial charge is 0.416 e. The van der Waals surface area contributed by atoms with Crippen LogP contribution in [0.4, 0.5) is 13.2 Å². The predicted octanol–water partition coefficient (Wildman–Crippen LogP) is 3.05. The van der Waals surface area contributed by atoms with E-state index in [1.54, 1.807) is 12.1 Å². The molecule has 116 valence electrons. The van der Waals surface area contributed by atoms with Crippen molar-refractivity contribution in [1.82, 2.24) is 4.90 Å². The summed E-state index contributed by atoms with van der Waals surface area (Å²) in [6.45, 7) is 4.16. The minimum absolute atomic E-state index is 0.0494. The summed E-state index contributed by atoms with van der Waals surface area (Å²) in [5, 5.41) is 9.03. The number of benzene rings is 1. The maximum Gasteiger partial charge on any atom is 0.416 e. The summed E-state index contributed by atoms with van der Waals surface area (Å²) in [6.07, 6.45) is -2.45. The minimum Gasteiger partial charge on any atom is -0.396 e. The Bertz CT molecular complexity index is 513. The minimum atomic E-state index is -4.27. The smallest absolute Gasteiger partial charge is 0.396 e. The van der Waals surface area contributed by atoms with Crippen LogP contribution in [0.1, 0.15) is 30.9 Å². The highest BCUT2D eigenvalue weighted by Crippen LogP contribution is 2.59. The number of alkyl halides is 3. The van der Waals surface area contributed by atoms with Crippen LogP contribution in [0.2, 0.25) is 0 Å². The molecule has 0 amide bonds. The zero-order chi connectivity index (χ0) is 15.3. The molecule has 2 aliphatic rings. The van der Waals surface area contributed by atoms with E-state index in [0.29, 0.717) is 12.0 Å². The summed E-state index contributed by atoms with van der Waals surface area (Å²) in [7, 11) is 0. The quantitative estimate of drug-likeness (QED) is 0.923. The molecular weight excluding hydrogens is 279 g/mol. The lowest BCUT2D eigenvalue weighted by molar-refractivity contribution is -0.137. The first-order valence-corrected chi connectivity index (χ1v) is 7.39. The van der Waals surface area contributed by atoms with Gasteiger partial charge in [0.05, 0.1) is 5.56 Å². The lowest BCUT2D eigenvalue weighted by atomic mass is 9.94. The first-order chi connectivity index (χ1) is 9.87. The number of likely N-dealkylation sites (tertiary alicyclic amines) is 1. The second-order valence-electron chi connectivity index (χ2n) is 6.42. The molecule has 0 aromatic heterocycles. The number of aliphatic hydroxyl groups excluding tert-OH is 1. The highest BCUT2D eigenvalue weighted by Gasteiger charge is 2.61. The number of hydrogen-bond acceptors (Lipinski definition) is 2. The molecule has 1 aliphatic heterocycles. The molecule has 1 aliphatic carbocycles. The molecule has 3 unspecified atom stereocenters. The molecule has 0 bridgehead atoms. The highest BCUT2D eigenvalue weighted by molar-refractivity contribution is 5.39. The Morgan fingerprint density at radius 2 is 2.00 bits per heavy atom. The van der Waals surface area contributed by atoms with Crippen LogP contribution in [0.25, 0.3) is 0 Å². The van der Waals surface area contributed by atoms with Crippen LogP contribution in [-0.2, 0) is 11.6 Å². The molecule has 1 aromatic carbocycles. The summed E-state index contributed by atoms with van der Waals surface area (Å²) in [5.41, 5.74) is 0.496. The van der Waals surface area contributed by atoms with Gasteiger partial charge in [-0.05, 0) is 43.4 Å². The molecule has 1 saturated heterocycles. The van der Waals surface area contributed by atoms with Gasteiger partial charge in [-0.2, -0.15) is 13.2 Å². The number of nitrogens with zero attached hydrogens (tertiary/aromatic N) is 1. The molecule has 1 N–H and O–H groups in total. The number of piperidine rings is 1. The molecule has 1 saturated carbocycles. The average Bonchev–Trinajstić information content (AvgIpc) is 3.01. The summed E-state index contributed by atoms with van der Waals surface area (Å²) in [6, 6.07) is 6.00. The van der Waals surface area contributed by atoms with Crippen LogP contribution in [0.3, 0.4) is 0 Å². The Hall–Kier alpha value is -1.07. The van der Waals surface area contributed by atoms with Crippen LogP contribution in [0.5, 0.6) is 0 Å². The average molecular weight is 299 g/mol. The first kappa shape index (κ1) is 14.9. The molecule has 3 rings (SSSR count). The second-order valence-corrected chi connectivity index (χ2v) is 6.42. The first-order valence-electron chi connectivity index (χ1n) is 7.39. The SMILES string of the molecule is CC(CCO)N1CC2CC2(c2ccc(C(F)(F)F)cc2)C1. The molecule has 2 fully saturated rings. The van der Waals surface area contributed by atoms with Gasteiger partial charge in [0.2, 0.25) is 0 Å². The van der Waals surface area contributed by atoms with Gasteiger partial charge in [0.1, 0.15) is 0 Å². The van der Waals surface area contributed by atoms with Crippen molar-refractivity contribution in [3.63, 3.8) is 0 Å². The summed E-state index contributed by atoms with van der Waals surface area (Å²) >= 11 is 0. The normalized spacial score (nSPS) is 30.2. The summed E-state index contributed by atoms with van der Waals surface area (Å²) in [4.78, 5) is 2.35. The highest BCUT2D eigenvalue weighted by atomic mass is 19.4. The third kappa shape index (κ3) is 2.57. The van der Waals surface area contributed by atoms with Crippen LogP contribution >= 0.6 is 0 Å². The number of rotatable bonds is 4. The van der Waals surface area contributed by atoms with Crippen LogP contribution in [0, 0.1) is 5.92 Å². The van der Waals surface area contributed by atoms with Gasteiger partial charge in [-0.25, -0.2) is 0 Å². The van der Waals surface area contributed by atoms with E-state index in [9.17, 15) is 13.2 Å². The van der Waals surface area contributed by atoms with Crippen molar-refractivity contribution >= 4 is 0 Å². The van der Waals surface area contributed by atoms with Gasteiger partial charge in [-0.15, -0.1) is 0 Å². The van der Waals surface area contributed by atoms with Crippen molar-refractivity contribution < 1.29 is 18.3 Å². The van der Waals surface area contributed by atoms with E-state index in [1.165, 1.54) is 12.1 Å². The Balaban J connectivity index is 1.74. The molecule has 1 aromatic rings. The van der Waals surface area contributed by atoms with Gasteiger partial charge in [0.15, 0.2) is 0 Å². The number of hydrogen-bond donors (Lipinski definition) is 1. The maximum absolute atomic E-state index is 12.6. The van der Waals surface area contributed by atoms with E-state index in [2.05, 4.69) is 11.8 Å². The Morgan fingerprint density at radius 3 is 2.57 bits per heavy atom. The molecule has 21 heavy (non-hydrogen) atoms. The third-order valence-electron chi connectivity index (χ3n) is 5.13. The summed E-state index contributed by atoms with van der Waals surface area (Å²) < 4.78 is 37.9. The molecule has 3 atom stereocenters. The van der Waals surface area contributed by atoms with Crippen molar-refractivity contribution in [3.8, 4) is 0 Å². The zero-order valence-electron chi connectivity index (χ0n) is 12.0. The van der Waals surface area contributed by atoms with E-state index in [0.717, 1.165) is 31.5 Å². The fraction of sp³-hybridized carbons (Fsp3) is 0.625. The molecule has 2 nitrogen and oxygen atoms in total. The molecule has 0 spiro atoms. The van der Waals surface area contributed by atoms with Gasteiger partial charge in [-0.3, -0.25) is 4.90 Å². The van der Waals surface area contributed by atoms with E-state index in [1.807, 2.05) is 0 Å². The van der Waals surface area contributed by atoms with Gasteiger partial charge < -0.3 is 5.11 Å². The molecule has 1 heterocycles. The summed E-state index contributed by atoms with van der Waals surface area (Å²) in [5.74, 6) is 0.551. The van der Waals surface area contributed by atoms with Crippen molar-refractivity contribution in [1.29, 1.82) is 0 Å². The van der Waals surface area contributed by atoms with E-state index in [-0.39, 0.29) is 12.0 Å². The molecule has 5 heteroatoms. The third-order valence-corrected chi connectivity index (χ3v) is 5.13. The van der Waals surface area contributed by atoms with E-state index in [4.69, 9.17) is 5.11 Å². The molecule has 0 radical (unpaired) electrons. The lowest BCUT2D eigenvalue weighted by Gasteiger charge is -2.27. The van der Waals surface area contributed by atoms with Crippen molar-refractivity contribution in [2.24, 2.45) is 5.92 Å². The monoisotopic (exact) mass is 299 g/mol. The number of aliphatic hydroxyl groups is 1. The Kier molecular flexibility index (Phi) is 3.53. The standard InChI is InChI=1S/C16H20F3NO/c1-11(6-7-21)20-9-14-8-15(14,10-20)12-2-4-13(5-3-12)16(17,18)19/h2-5,11,14,21H,6-10H2,1H3. The van der Waals surface area contributed by atoms with Gasteiger partial charge in [0, 0.05) is 31.2 Å². The lowest BCUT2D eigenvalue weighted by Crippen LogP contribution is -2.35. The number of halogens is 3. The van der Waals surface area contributed by atoms with Crippen molar-refractivity contribution in [3.05, 3.63) is 35.4 Å². The fourth-order valence-corrected chi connectivity index (χ4v) is 3.66. The van der Waals surface area contributed by atoms with E-state index < -0.39 is 11.7 Å². The van der Waals surface area contributed by atoms with Gasteiger partial charge in [-0.1, -0.05) is 12.1 Å². The van der Waals surface area contributed by atoms with Gasteiger partial charge in [0.25, 0.3) is 0 Å². The van der Waals surface area contributed by atoms with Crippen LogP contribution in [-0.4, -0.2) is 35.7 Å². The zero-order valence-corrected chi connectivity index (χ0v) is 12.0. The molecular formula is C16H20F3NO. The Morgan fingerprint density at radius 1 is 1.33 bits per heavy atom. The van der Waals surface area contributed by atoms with Crippen molar-refractivity contribution in [2.45, 2.75) is 37.4 Å². The predicted molar refractivity (Wildman–Crippen MR) is 74.0 cm³/mol.